The Bertz CT molecular complexity index is 565. The molecule has 0 saturated heterocycles. The largest absolute Gasteiger partial charge is 0.328 e. The molecule has 1 N–H and O–H groups in total. The van der Waals surface area contributed by atoms with Crippen LogP contribution in [0.25, 0.3) is 11.1 Å². The first-order chi connectivity index (χ1) is 7.70. The summed E-state index contributed by atoms with van der Waals surface area (Å²) in [6.07, 6.45) is 1.59. The van der Waals surface area contributed by atoms with E-state index < -0.39 is 0 Å². The number of alkyl halides is 1. The van der Waals surface area contributed by atoms with Crippen molar-refractivity contribution < 1.29 is 4.39 Å². The van der Waals surface area contributed by atoms with Crippen LogP contribution in [0, 0.1) is 5.82 Å². The standard InChI is InChI=1S/C12H9BrFNO/c13-6-9-4-10(7-15-12(9)16)8-2-1-3-11(14)5-8/h1-5,7H,6H2,(H,15,16). The fourth-order valence-electron chi connectivity index (χ4n) is 1.46. The first-order valence-electron chi connectivity index (χ1n) is 4.74. The van der Waals surface area contributed by atoms with Crippen LogP contribution >= 0.6 is 15.9 Å². The molecule has 0 saturated carbocycles. The van der Waals surface area contributed by atoms with Gasteiger partial charge in [0, 0.05) is 17.1 Å². The predicted molar refractivity (Wildman–Crippen MR) is 65.1 cm³/mol. The Morgan fingerprint density at radius 1 is 1.25 bits per heavy atom. The van der Waals surface area contributed by atoms with Crippen LogP contribution in [0.15, 0.2) is 41.3 Å². The molecule has 0 aliphatic rings. The Hall–Kier alpha value is -1.42. The van der Waals surface area contributed by atoms with Crippen molar-refractivity contribution in [3.8, 4) is 11.1 Å². The number of halogens is 2. The number of rotatable bonds is 2. The minimum absolute atomic E-state index is 0.128. The smallest absolute Gasteiger partial charge is 0.252 e. The molecule has 82 valence electrons. The van der Waals surface area contributed by atoms with Crippen LogP contribution in [0.4, 0.5) is 4.39 Å². The number of hydrogen-bond acceptors (Lipinski definition) is 1. The zero-order valence-corrected chi connectivity index (χ0v) is 9.92. The van der Waals surface area contributed by atoms with Gasteiger partial charge in [0.15, 0.2) is 0 Å². The molecule has 0 fully saturated rings. The molecule has 2 aromatic rings. The minimum Gasteiger partial charge on any atom is -0.328 e. The molecule has 1 aromatic heterocycles. The highest BCUT2D eigenvalue weighted by molar-refractivity contribution is 9.08. The third-order valence-electron chi connectivity index (χ3n) is 2.28. The minimum atomic E-state index is -0.288. The van der Waals surface area contributed by atoms with Crippen LogP contribution in [0.5, 0.6) is 0 Å². The highest BCUT2D eigenvalue weighted by Crippen LogP contribution is 2.19. The molecule has 0 unspecified atom stereocenters. The maximum Gasteiger partial charge on any atom is 0.252 e. The van der Waals surface area contributed by atoms with Crippen molar-refractivity contribution in [3.05, 3.63) is 58.3 Å². The van der Waals surface area contributed by atoms with E-state index >= 15 is 0 Å². The normalized spacial score (nSPS) is 10.4. The SMILES string of the molecule is O=c1[nH]cc(-c2cccc(F)c2)cc1CBr. The van der Waals surface area contributed by atoms with Gasteiger partial charge in [0.05, 0.1) is 0 Å². The lowest BCUT2D eigenvalue weighted by Gasteiger charge is -2.03. The second-order valence-corrected chi connectivity index (χ2v) is 3.95. The van der Waals surface area contributed by atoms with E-state index in [0.717, 1.165) is 11.1 Å². The average molecular weight is 282 g/mol. The van der Waals surface area contributed by atoms with E-state index in [-0.39, 0.29) is 11.4 Å². The lowest BCUT2D eigenvalue weighted by atomic mass is 10.1. The van der Waals surface area contributed by atoms with Gasteiger partial charge in [0.25, 0.3) is 5.56 Å². The highest BCUT2D eigenvalue weighted by Gasteiger charge is 2.03. The van der Waals surface area contributed by atoms with Crippen molar-refractivity contribution in [2.75, 3.05) is 0 Å². The van der Waals surface area contributed by atoms with Gasteiger partial charge in [-0.3, -0.25) is 4.79 Å². The van der Waals surface area contributed by atoms with Gasteiger partial charge in [0.1, 0.15) is 5.82 Å². The quantitative estimate of drug-likeness (QED) is 0.844. The Morgan fingerprint density at radius 2 is 2.06 bits per heavy atom. The molecule has 4 heteroatoms. The van der Waals surface area contributed by atoms with Gasteiger partial charge >= 0.3 is 0 Å². The number of hydrogen-bond donors (Lipinski definition) is 1. The molecule has 0 bridgehead atoms. The van der Waals surface area contributed by atoms with Crippen molar-refractivity contribution >= 4 is 15.9 Å². The van der Waals surface area contributed by atoms with Crippen molar-refractivity contribution in [1.29, 1.82) is 0 Å². The molecule has 0 aliphatic heterocycles. The fourth-order valence-corrected chi connectivity index (χ4v) is 1.88. The maximum atomic E-state index is 13.0. The second-order valence-electron chi connectivity index (χ2n) is 3.39. The van der Waals surface area contributed by atoms with Gasteiger partial charge < -0.3 is 4.98 Å². The van der Waals surface area contributed by atoms with E-state index in [0.29, 0.717) is 10.9 Å². The molecule has 2 rings (SSSR count). The number of aromatic nitrogens is 1. The first-order valence-corrected chi connectivity index (χ1v) is 5.86. The maximum absolute atomic E-state index is 13.0. The second kappa shape index (κ2) is 4.61. The molecule has 0 atom stereocenters. The summed E-state index contributed by atoms with van der Waals surface area (Å²) < 4.78 is 13.0. The van der Waals surface area contributed by atoms with Gasteiger partial charge in [-0.05, 0) is 29.3 Å². The van der Waals surface area contributed by atoms with Crippen LogP contribution in [0.3, 0.4) is 0 Å². The van der Waals surface area contributed by atoms with Crippen molar-refractivity contribution in [2.45, 2.75) is 5.33 Å². The molecule has 0 spiro atoms. The number of nitrogens with one attached hydrogen (secondary N) is 1. The molecular formula is C12H9BrFNO. The van der Waals surface area contributed by atoms with E-state index in [1.807, 2.05) is 0 Å². The monoisotopic (exact) mass is 281 g/mol. The summed E-state index contributed by atoms with van der Waals surface area (Å²) in [6.45, 7) is 0. The molecular weight excluding hydrogens is 273 g/mol. The summed E-state index contributed by atoms with van der Waals surface area (Å²) in [6, 6.07) is 8.02. The Morgan fingerprint density at radius 3 is 2.75 bits per heavy atom. The summed E-state index contributed by atoms with van der Waals surface area (Å²) in [5.41, 5.74) is 2.05. The summed E-state index contributed by atoms with van der Waals surface area (Å²) in [5.74, 6) is -0.288. The molecule has 0 radical (unpaired) electrons. The van der Waals surface area contributed by atoms with E-state index in [2.05, 4.69) is 20.9 Å². The number of H-pyrrole nitrogens is 1. The molecule has 0 amide bonds. The van der Waals surface area contributed by atoms with Crippen LogP contribution in [0.1, 0.15) is 5.56 Å². The topological polar surface area (TPSA) is 32.9 Å². The average Bonchev–Trinajstić information content (AvgIpc) is 2.29. The fraction of sp³-hybridized carbons (Fsp3) is 0.0833. The Balaban J connectivity index is 2.52. The molecule has 1 aromatic carbocycles. The lowest BCUT2D eigenvalue weighted by molar-refractivity contribution is 0.628. The van der Waals surface area contributed by atoms with Gasteiger partial charge in [-0.1, -0.05) is 28.1 Å². The zero-order chi connectivity index (χ0) is 11.5. The number of pyridine rings is 1. The summed E-state index contributed by atoms with van der Waals surface area (Å²) in [7, 11) is 0. The van der Waals surface area contributed by atoms with E-state index in [9.17, 15) is 9.18 Å². The third kappa shape index (κ3) is 2.22. The first kappa shape index (κ1) is 11.1. The summed E-state index contributed by atoms with van der Waals surface area (Å²) in [4.78, 5) is 14.0. The van der Waals surface area contributed by atoms with E-state index in [4.69, 9.17) is 0 Å². The predicted octanol–water partition coefficient (Wildman–Crippen LogP) is 3.08. The van der Waals surface area contributed by atoms with Gasteiger partial charge in [0.2, 0.25) is 0 Å². The summed E-state index contributed by atoms with van der Waals surface area (Å²) >= 11 is 3.24. The van der Waals surface area contributed by atoms with Gasteiger partial charge in [-0.15, -0.1) is 0 Å². The number of aromatic amines is 1. The van der Waals surface area contributed by atoms with Crippen LogP contribution < -0.4 is 5.56 Å². The van der Waals surface area contributed by atoms with Gasteiger partial charge in [-0.25, -0.2) is 4.39 Å². The van der Waals surface area contributed by atoms with Gasteiger partial charge in [-0.2, -0.15) is 0 Å². The molecule has 16 heavy (non-hydrogen) atoms. The van der Waals surface area contributed by atoms with Crippen LogP contribution in [-0.4, -0.2) is 4.98 Å². The van der Waals surface area contributed by atoms with Crippen LogP contribution in [-0.2, 0) is 5.33 Å². The van der Waals surface area contributed by atoms with Crippen molar-refractivity contribution in [1.82, 2.24) is 4.98 Å². The summed E-state index contributed by atoms with van der Waals surface area (Å²) in [5, 5.41) is 0.478. The van der Waals surface area contributed by atoms with E-state index in [1.165, 1.54) is 12.1 Å². The lowest BCUT2D eigenvalue weighted by Crippen LogP contribution is -2.10. The number of benzene rings is 1. The molecule has 0 aliphatic carbocycles. The van der Waals surface area contributed by atoms with Crippen LogP contribution in [0.2, 0.25) is 0 Å². The van der Waals surface area contributed by atoms with Crippen molar-refractivity contribution in [2.24, 2.45) is 0 Å². The van der Waals surface area contributed by atoms with E-state index in [1.54, 1.807) is 24.4 Å². The Kier molecular flexibility index (Phi) is 3.19. The molecule has 2 nitrogen and oxygen atoms in total. The highest BCUT2D eigenvalue weighted by atomic mass is 79.9. The third-order valence-corrected chi connectivity index (χ3v) is 2.89. The zero-order valence-electron chi connectivity index (χ0n) is 8.34. The Labute approximate surface area is 100 Å². The van der Waals surface area contributed by atoms with Crippen molar-refractivity contribution in [3.63, 3.8) is 0 Å². The molecule has 1 heterocycles.